The fourth-order valence-corrected chi connectivity index (χ4v) is 3.39. The van der Waals surface area contributed by atoms with Gasteiger partial charge in [-0.15, -0.1) is 0 Å². The molecule has 1 amide bonds. The fourth-order valence-electron chi connectivity index (χ4n) is 2.79. The fraction of sp³-hybridized carbons (Fsp3) is 0.316. The van der Waals surface area contributed by atoms with Crippen LogP contribution in [0, 0.1) is 19.8 Å². The summed E-state index contributed by atoms with van der Waals surface area (Å²) in [6.07, 6.45) is 1.78. The van der Waals surface area contributed by atoms with E-state index in [0.717, 1.165) is 17.0 Å². The predicted octanol–water partition coefficient (Wildman–Crippen LogP) is 4.98. The standard InChI is InChI=1S/C19H20Cl3N5O/c1-11(9-27-13(3)18(22)12(2)24-27)19(28)23-17-6-7-26(25-17)10-14-4-5-15(20)8-16(14)21/h4-8,11H,9-10H2,1-3H3,(H,23,25,28). The first-order valence-corrected chi connectivity index (χ1v) is 9.85. The number of hydrogen-bond acceptors (Lipinski definition) is 3. The average Bonchev–Trinajstić information content (AvgIpc) is 3.17. The van der Waals surface area contributed by atoms with Crippen LogP contribution in [0.1, 0.15) is 23.9 Å². The molecule has 148 valence electrons. The first-order chi connectivity index (χ1) is 13.2. The summed E-state index contributed by atoms with van der Waals surface area (Å²) in [6, 6.07) is 7.07. The van der Waals surface area contributed by atoms with E-state index in [1.807, 2.05) is 26.8 Å². The molecule has 0 spiro atoms. The van der Waals surface area contributed by atoms with Crippen LogP contribution >= 0.6 is 34.8 Å². The summed E-state index contributed by atoms with van der Waals surface area (Å²) >= 11 is 18.3. The SMILES string of the molecule is Cc1nn(CC(C)C(=O)Nc2ccn(Cc3ccc(Cl)cc3Cl)n2)c(C)c1Cl. The predicted molar refractivity (Wildman–Crippen MR) is 112 cm³/mol. The third kappa shape index (κ3) is 4.69. The van der Waals surface area contributed by atoms with Crippen molar-refractivity contribution < 1.29 is 4.79 Å². The van der Waals surface area contributed by atoms with Gasteiger partial charge in [-0.25, -0.2) is 0 Å². The van der Waals surface area contributed by atoms with Crippen LogP contribution < -0.4 is 5.32 Å². The summed E-state index contributed by atoms with van der Waals surface area (Å²) in [7, 11) is 0. The Labute approximate surface area is 178 Å². The number of hydrogen-bond donors (Lipinski definition) is 1. The second-order valence-electron chi connectivity index (χ2n) is 6.69. The number of aryl methyl sites for hydroxylation is 1. The number of carbonyl (C=O) groups excluding carboxylic acids is 1. The zero-order chi connectivity index (χ0) is 20.4. The molecule has 0 saturated heterocycles. The molecule has 2 aromatic heterocycles. The van der Waals surface area contributed by atoms with Crippen LogP contribution in [-0.4, -0.2) is 25.5 Å². The summed E-state index contributed by atoms with van der Waals surface area (Å²) in [6.45, 7) is 6.48. The Kier molecular flexibility index (Phi) is 6.33. The maximum Gasteiger partial charge on any atom is 0.230 e. The van der Waals surface area contributed by atoms with Crippen molar-refractivity contribution in [3.05, 3.63) is 62.5 Å². The van der Waals surface area contributed by atoms with Crippen molar-refractivity contribution in [1.29, 1.82) is 0 Å². The number of carbonyl (C=O) groups is 1. The minimum absolute atomic E-state index is 0.140. The zero-order valence-electron chi connectivity index (χ0n) is 15.7. The molecule has 0 fully saturated rings. The van der Waals surface area contributed by atoms with E-state index in [2.05, 4.69) is 15.5 Å². The van der Waals surface area contributed by atoms with Crippen LogP contribution in [0.15, 0.2) is 30.5 Å². The van der Waals surface area contributed by atoms with E-state index in [1.165, 1.54) is 0 Å². The van der Waals surface area contributed by atoms with Gasteiger partial charge in [0.1, 0.15) is 0 Å². The molecule has 1 N–H and O–H groups in total. The number of amides is 1. The second-order valence-corrected chi connectivity index (χ2v) is 7.91. The maximum absolute atomic E-state index is 12.5. The van der Waals surface area contributed by atoms with Gasteiger partial charge in [-0.05, 0) is 31.5 Å². The minimum atomic E-state index is -0.301. The minimum Gasteiger partial charge on any atom is -0.309 e. The van der Waals surface area contributed by atoms with Crippen LogP contribution in [0.2, 0.25) is 15.1 Å². The van der Waals surface area contributed by atoms with Crippen LogP contribution in [-0.2, 0) is 17.9 Å². The van der Waals surface area contributed by atoms with Crippen molar-refractivity contribution in [3.63, 3.8) is 0 Å². The molecule has 3 rings (SSSR count). The topological polar surface area (TPSA) is 64.7 Å². The molecule has 1 atom stereocenters. The van der Waals surface area contributed by atoms with Crippen molar-refractivity contribution in [3.8, 4) is 0 Å². The highest BCUT2D eigenvalue weighted by Crippen LogP contribution is 2.22. The lowest BCUT2D eigenvalue weighted by Crippen LogP contribution is -2.25. The third-order valence-electron chi connectivity index (χ3n) is 4.43. The lowest BCUT2D eigenvalue weighted by atomic mass is 10.1. The Morgan fingerprint density at radius 1 is 1.18 bits per heavy atom. The Morgan fingerprint density at radius 2 is 1.93 bits per heavy atom. The largest absolute Gasteiger partial charge is 0.309 e. The Balaban J connectivity index is 1.62. The number of nitrogens with zero attached hydrogens (tertiary/aromatic N) is 4. The van der Waals surface area contributed by atoms with Crippen LogP contribution in [0.25, 0.3) is 0 Å². The number of benzene rings is 1. The normalized spacial score (nSPS) is 12.2. The van der Waals surface area contributed by atoms with Crippen molar-refractivity contribution in [1.82, 2.24) is 19.6 Å². The van der Waals surface area contributed by atoms with E-state index in [9.17, 15) is 4.79 Å². The number of rotatable bonds is 6. The second kappa shape index (κ2) is 8.55. The maximum atomic E-state index is 12.5. The van der Waals surface area contributed by atoms with Gasteiger partial charge in [-0.2, -0.15) is 10.2 Å². The van der Waals surface area contributed by atoms with Gasteiger partial charge in [-0.1, -0.05) is 47.8 Å². The molecule has 6 nitrogen and oxygen atoms in total. The van der Waals surface area contributed by atoms with Crippen molar-refractivity contribution >= 4 is 46.5 Å². The highest BCUT2D eigenvalue weighted by atomic mass is 35.5. The monoisotopic (exact) mass is 439 g/mol. The van der Waals surface area contributed by atoms with E-state index in [1.54, 1.807) is 33.8 Å². The molecular weight excluding hydrogens is 421 g/mol. The van der Waals surface area contributed by atoms with E-state index in [0.29, 0.717) is 34.0 Å². The molecule has 1 aromatic carbocycles. The van der Waals surface area contributed by atoms with Crippen LogP contribution in [0.4, 0.5) is 5.82 Å². The molecule has 0 aliphatic carbocycles. The first kappa shape index (κ1) is 20.7. The zero-order valence-corrected chi connectivity index (χ0v) is 18.0. The van der Waals surface area contributed by atoms with Gasteiger partial charge in [0, 0.05) is 22.3 Å². The lowest BCUT2D eigenvalue weighted by molar-refractivity contribution is -0.119. The summed E-state index contributed by atoms with van der Waals surface area (Å²) in [5, 5.41) is 13.4. The quantitative estimate of drug-likeness (QED) is 0.588. The van der Waals surface area contributed by atoms with Crippen molar-refractivity contribution in [2.75, 3.05) is 5.32 Å². The first-order valence-electron chi connectivity index (χ1n) is 8.72. The van der Waals surface area contributed by atoms with Gasteiger partial charge in [-0.3, -0.25) is 14.2 Å². The Morgan fingerprint density at radius 3 is 2.57 bits per heavy atom. The Bertz CT molecular complexity index is 1010. The number of anilines is 1. The number of aromatic nitrogens is 4. The molecule has 0 aliphatic heterocycles. The van der Waals surface area contributed by atoms with Crippen molar-refractivity contribution in [2.24, 2.45) is 5.92 Å². The van der Waals surface area contributed by atoms with E-state index in [4.69, 9.17) is 34.8 Å². The summed E-state index contributed by atoms with van der Waals surface area (Å²) in [4.78, 5) is 12.5. The molecule has 0 bridgehead atoms. The van der Waals surface area contributed by atoms with Gasteiger partial charge >= 0.3 is 0 Å². The van der Waals surface area contributed by atoms with E-state index in [-0.39, 0.29) is 11.8 Å². The Hall–Kier alpha value is -2.02. The van der Waals surface area contributed by atoms with Gasteiger partial charge in [0.2, 0.25) is 5.91 Å². The highest BCUT2D eigenvalue weighted by molar-refractivity contribution is 6.35. The van der Waals surface area contributed by atoms with Gasteiger partial charge in [0.25, 0.3) is 0 Å². The summed E-state index contributed by atoms with van der Waals surface area (Å²) < 4.78 is 3.46. The average molecular weight is 441 g/mol. The molecule has 2 heterocycles. The third-order valence-corrected chi connectivity index (χ3v) is 5.56. The van der Waals surface area contributed by atoms with Gasteiger partial charge < -0.3 is 5.32 Å². The highest BCUT2D eigenvalue weighted by Gasteiger charge is 2.18. The summed E-state index contributed by atoms with van der Waals surface area (Å²) in [5.41, 5.74) is 2.50. The van der Waals surface area contributed by atoms with Crippen molar-refractivity contribution in [2.45, 2.75) is 33.9 Å². The summed E-state index contributed by atoms with van der Waals surface area (Å²) in [5.74, 6) is 0.0386. The van der Waals surface area contributed by atoms with Crippen LogP contribution in [0.5, 0.6) is 0 Å². The molecule has 3 aromatic rings. The smallest absolute Gasteiger partial charge is 0.230 e. The molecule has 0 aliphatic rings. The molecule has 1 unspecified atom stereocenters. The molecular formula is C19H20Cl3N5O. The van der Waals surface area contributed by atoms with E-state index >= 15 is 0 Å². The number of halogens is 3. The molecule has 28 heavy (non-hydrogen) atoms. The molecule has 0 saturated carbocycles. The molecule has 0 radical (unpaired) electrons. The van der Waals surface area contributed by atoms with Gasteiger partial charge in [0.05, 0.1) is 35.4 Å². The molecule has 9 heteroatoms. The van der Waals surface area contributed by atoms with E-state index < -0.39 is 0 Å². The lowest BCUT2D eigenvalue weighted by Gasteiger charge is -2.12. The number of nitrogens with one attached hydrogen (secondary N) is 1. The van der Waals surface area contributed by atoms with Crippen LogP contribution in [0.3, 0.4) is 0 Å². The van der Waals surface area contributed by atoms with Gasteiger partial charge in [0.15, 0.2) is 5.82 Å².